The summed E-state index contributed by atoms with van der Waals surface area (Å²) in [6.45, 7) is 0. The molecule has 4 nitrogen and oxygen atoms in total. The number of aromatic nitrogens is 1. The first-order valence-electron chi connectivity index (χ1n) is 7.14. The van der Waals surface area contributed by atoms with E-state index in [2.05, 4.69) is 10.3 Å². The lowest BCUT2D eigenvalue weighted by atomic mass is 9.94. The van der Waals surface area contributed by atoms with Crippen molar-refractivity contribution in [1.82, 2.24) is 4.98 Å². The molecule has 1 aromatic carbocycles. The van der Waals surface area contributed by atoms with E-state index in [-0.39, 0.29) is 17.9 Å². The average molecular weight is 289 g/mol. The summed E-state index contributed by atoms with van der Waals surface area (Å²) in [5.74, 6) is -0.00192. The van der Waals surface area contributed by atoms with Gasteiger partial charge >= 0.3 is 0 Å². The van der Waals surface area contributed by atoms with Crippen LogP contribution in [0.2, 0.25) is 0 Å². The molecule has 3 rings (SSSR count). The fourth-order valence-electron chi connectivity index (χ4n) is 2.83. The third kappa shape index (κ3) is 2.83. The lowest BCUT2D eigenvalue weighted by molar-refractivity contribution is -0.120. The van der Waals surface area contributed by atoms with E-state index < -0.39 is 0 Å². The molecule has 1 saturated carbocycles. The van der Waals surface area contributed by atoms with E-state index in [4.69, 9.17) is 5.73 Å². The number of amides is 1. The summed E-state index contributed by atoms with van der Waals surface area (Å²) in [4.78, 5) is 16.6. The van der Waals surface area contributed by atoms with Gasteiger partial charge in [0.15, 0.2) is 0 Å². The summed E-state index contributed by atoms with van der Waals surface area (Å²) in [5, 5.41) is 3.01. The Kier molecular flexibility index (Phi) is 3.98. The minimum atomic E-state index is -0.0605. The van der Waals surface area contributed by atoms with Gasteiger partial charge in [-0.3, -0.25) is 4.79 Å². The molecule has 0 radical (unpaired) electrons. The summed E-state index contributed by atoms with van der Waals surface area (Å²) in [6, 6.07) is 5.81. The van der Waals surface area contributed by atoms with Crippen LogP contribution in [0.25, 0.3) is 10.2 Å². The number of carbonyl (C=O) groups is 1. The second-order valence-corrected chi connectivity index (χ2v) is 6.32. The third-order valence-electron chi connectivity index (χ3n) is 4.00. The first kappa shape index (κ1) is 13.5. The maximum absolute atomic E-state index is 12.4. The third-order valence-corrected chi connectivity index (χ3v) is 4.80. The smallest absolute Gasteiger partial charge is 0.229 e. The van der Waals surface area contributed by atoms with Crippen LogP contribution in [0.15, 0.2) is 23.7 Å². The van der Waals surface area contributed by atoms with Crippen LogP contribution in [0.4, 0.5) is 5.69 Å². The molecular weight excluding hydrogens is 270 g/mol. The van der Waals surface area contributed by atoms with Gasteiger partial charge in [-0.15, -0.1) is 11.3 Å². The number of anilines is 1. The van der Waals surface area contributed by atoms with Gasteiger partial charge in [0, 0.05) is 11.7 Å². The molecule has 3 N–H and O–H groups in total. The number of hydrogen-bond donors (Lipinski definition) is 2. The van der Waals surface area contributed by atoms with Crippen LogP contribution in [-0.2, 0) is 4.79 Å². The number of thiazole rings is 1. The summed E-state index contributed by atoms with van der Waals surface area (Å²) < 4.78 is 1.09. The topological polar surface area (TPSA) is 68.0 Å². The number of carbonyl (C=O) groups excluding carboxylic acids is 1. The average Bonchev–Trinajstić information content (AvgIpc) is 2.79. The van der Waals surface area contributed by atoms with Crippen molar-refractivity contribution >= 4 is 33.1 Å². The highest BCUT2D eigenvalue weighted by atomic mass is 32.1. The van der Waals surface area contributed by atoms with E-state index in [1.54, 1.807) is 11.3 Å². The van der Waals surface area contributed by atoms with Crippen molar-refractivity contribution in [2.45, 2.75) is 38.1 Å². The maximum Gasteiger partial charge on any atom is 0.229 e. The highest BCUT2D eigenvalue weighted by Crippen LogP contribution is 2.25. The van der Waals surface area contributed by atoms with Gasteiger partial charge in [-0.25, -0.2) is 4.98 Å². The van der Waals surface area contributed by atoms with E-state index in [1.165, 1.54) is 6.42 Å². The predicted molar refractivity (Wildman–Crippen MR) is 82.8 cm³/mol. The van der Waals surface area contributed by atoms with Gasteiger partial charge in [-0.2, -0.15) is 0 Å². The Balaban J connectivity index is 1.73. The summed E-state index contributed by atoms with van der Waals surface area (Å²) in [5.41, 5.74) is 9.76. The Morgan fingerprint density at radius 3 is 3.05 bits per heavy atom. The summed E-state index contributed by atoms with van der Waals surface area (Å²) >= 11 is 1.58. The Bertz CT molecular complexity index is 610. The van der Waals surface area contributed by atoms with E-state index in [9.17, 15) is 4.79 Å². The SMILES string of the molecule is NC1CCCCCC1C(=O)Nc1ccc2ncsc2c1. The van der Waals surface area contributed by atoms with Gasteiger partial charge < -0.3 is 11.1 Å². The fourth-order valence-corrected chi connectivity index (χ4v) is 3.55. The first-order chi connectivity index (χ1) is 9.74. The highest BCUT2D eigenvalue weighted by Gasteiger charge is 2.27. The molecule has 1 fully saturated rings. The molecule has 2 atom stereocenters. The van der Waals surface area contributed by atoms with E-state index in [0.717, 1.165) is 41.6 Å². The van der Waals surface area contributed by atoms with Crippen molar-refractivity contribution < 1.29 is 4.79 Å². The van der Waals surface area contributed by atoms with Gasteiger partial charge in [0.1, 0.15) is 0 Å². The van der Waals surface area contributed by atoms with Gasteiger partial charge in [-0.05, 0) is 31.0 Å². The normalized spacial score (nSPS) is 23.4. The van der Waals surface area contributed by atoms with Crippen molar-refractivity contribution in [3.8, 4) is 0 Å². The zero-order valence-electron chi connectivity index (χ0n) is 11.3. The molecule has 1 aliphatic carbocycles. The predicted octanol–water partition coefficient (Wildman–Crippen LogP) is 3.14. The van der Waals surface area contributed by atoms with Crippen molar-refractivity contribution in [2.75, 3.05) is 5.32 Å². The Hall–Kier alpha value is -1.46. The largest absolute Gasteiger partial charge is 0.327 e. The molecule has 106 valence electrons. The van der Waals surface area contributed by atoms with Gasteiger partial charge in [0.25, 0.3) is 0 Å². The number of benzene rings is 1. The highest BCUT2D eigenvalue weighted by molar-refractivity contribution is 7.16. The lowest BCUT2D eigenvalue weighted by Gasteiger charge is -2.20. The Morgan fingerprint density at radius 2 is 2.15 bits per heavy atom. The van der Waals surface area contributed by atoms with E-state index in [0.29, 0.717) is 0 Å². The molecule has 0 aliphatic heterocycles. The van der Waals surface area contributed by atoms with Gasteiger partial charge in [-0.1, -0.05) is 19.3 Å². The summed E-state index contributed by atoms with van der Waals surface area (Å²) in [6.07, 6.45) is 5.27. The molecule has 2 unspecified atom stereocenters. The van der Waals surface area contributed by atoms with Crippen molar-refractivity contribution in [3.63, 3.8) is 0 Å². The first-order valence-corrected chi connectivity index (χ1v) is 8.02. The monoisotopic (exact) mass is 289 g/mol. The number of nitrogens with two attached hydrogens (primary N) is 1. The summed E-state index contributed by atoms with van der Waals surface area (Å²) in [7, 11) is 0. The van der Waals surface area contributed by atoms with Crippen LogP contribution in [0.3, 0.4) is 0 Å². The standard InChI is InChI=1S/C15H19N3OS/c16-12-5-3-1-2-4-11(12)15(19)18-10-6-7-13-14(8-10)20-9-17-13/h6-9,11-12H,1-5,16H2,(H,18,19). The number of nitrogens with one attached hydrogen (secondary N) is 1. The molecule has 0 bridgehead atoms. The molecule has 0 spiro atoms. The van der Waals surface area contributed by atoms with Gasteiger partial charge in [0.05, 0.1) is 21.6 Å². The maximum atomic E-state index is 12.4. The molecule has 1 aromatic heterocycles. The number of hydrogen-bond acceptors (Lipinski definition) is 4. The molecule has 1 aliphatic rings. The number of rotatable bonds is 2. The van der Waals surface area contributed by atoms with Crippen LogP contribution in [-0.4, -0.2) is 16.9 Å². The molecule has 1 amide bonds. The van der Waals surface area contributed by atoms with Crippen molar-refractivity contribution in [2.24, 2.45) is 11.7 Å². The quantitative estimate of drug-likeness (QED) is 0.835. The van der Waals surface area contributed by atoms with Crippen LogP contribution in [0.5, 0.6) is 0 Å². The minimum Gasteiger partial charge on any atom is -0.327 e. The minimum absolute atomic E-state index is 0.00960. The molecule has 0 saturated heterocycles. The fraction of sp³-hybridized carbons (Fsp3) is 0.467. The number of fused-ring (bicyclic) bond motifs is 1. The van der Waals surface area contributed by atoms with Crippen LogP contribution < -0.4 is 11.1 Å². The van der Waals surface area contributed by atoms with Crippen LogP contribution in [0.1, 0.15) is 32.1 Å². The molecule has 5 heteroatoms. The van der Waals surface area contributed by atoms with Gasteiger partial charge in [0.2, 0.25) is 5.91 Å². The second kappa shape index (κ2) is 5.89. The van der Waals surface area contributed by atoms with Crippen molar-refractivity contribution in [3.05, 3.63) is 23.7 Å². The number of nitrogens with zero attached hydrogens (tertiary/aromatic N) is 1. The zero-order valence-corrected chi connectivity index (χ0v) is 12.2. The second-order valence-electron chi connectivity index (χ2n) is 5.43. The zero-order chi connectivity index (χ0) is 13.9. The molecule has 2 aromatic rings. The van der Waals surface area contributed by atoms with Crippen LogP contribution in [0, 0.1) is 5.92 Å². The Morgan fingerprint density at radius 1 is 1.30 bits per heavy atom. The molecular formula is C15H19N3OS. The van der Waals surface area contributed by atoms with E-state index >= 15 is 0 Å². The van der Waals surface area contributed by atoms with Crippen molar-refractivity contribution in [1.29, 1.82) is 0 Å². The molecule has 1 heterocycles. The molecule has 20 heavy (non-hydrogen) atoms. The van der Waals surface area contributed by atoms with Crippen LogP contribution >= 0.6 is 11.3 Å². The lowest BCUT2D eigenvalue weighted by Crippen LogP contribution is -2.37. The van der Waals surface area contributed by atoms with E-state index in [1.807, 2.05) is 23.7 Å². The Labute approximate surface area is 122 Å².